The smallest absolute Gasteiger partial charge is 0.267 e. The summed E-state index contributed by atoms with van der Waals surface area (Å²) in [6.07, 6.45) is 1.54. The third kappa shape index (κ3) is 16.7. The summed E-state index contributed by atoms with van der Waals surface area (Å²) in [6, 6.07) is 7.40. The molecule has 0 aliphatic carbocycles. The van der Waals surface area contributed by atoms with Crippen LogP contribution >= 0.6 is 22.9 Å². The minimum absolute atomic E-state index is 0.272. The number of amides is 1. The van der Waals surface area contributed by atoms with Crippen molar-refractivity contribution in [3.05, 3.63) is 51.7 Å². The van der Waals surface area contributed by atoms with E-state index in [2.05, 4.69) is 35.4 Å². The van der Waals surface area contributed by atoms with E-state index in [4.69, 9.17) is 50.5 Å². The van der Waals surface area contributed by atoms with Gasteiger partial charge in [0.15, 0.2) is 5.13 Å². The van der Waals surface area contributed by atoms with Crippen LogP contribution in [0, 0.1) is 13.8 Å². The van der Waals surface area contributed by atoms with Gasteiger partial charge in [-0.3, -0.25) is 9.69 Å². The molecule has 1 fully saturated rings. The van der Waals surface area contributed by atoms with Gasteiger partial charge in [0.1, 0.15) is 22.3 Å². The molecule has 0 saturated carbocycles. The summed E-state index contributed by atoms with van der Waals surface area (Å²) < 4.78 is 38.5. The first-order chi connectivity index (χ1) is 26.4. The summed E-state index contributed by atoms with van der Waals surface area (Å²) in [4.78, 5) is 31.6. The van der Waals surface area contributed by atoms with Gasteiger partial charge < -0.3 is 54.4 Å². The van der Waals surface area contributed by atoms with Crippen LogP contribution in [0.3, 0.4) is 0 Å². The summed E-state index contributed by atoms with van der Waals surface area (Å²) in [5.41, 5.74) is 6.83. The van der Waals surface area contributed by atoms with Crippen LogP contribution in [0.15, 0.2) is 30.5 Å². The Morgan fingerprint density at radius 3 is 1.91 bits per heavy atom. The minimum Gasteiger partial charge on any atom is -0.378 e. The van der Waals surface area contributed by atoms with Crippen molar-refractivity contribution in [3.63, 3.8) is 0 Å². The number of rotatable bonds is 28. The highest BCUT2D eigenvalue weighted by Gasteiger charge is 2.20. The molecule has 1 saturated heterocycles. The van der Waals surface area contributed by atoms with Crippen LogP contribution in [0.25, 0.3) is 0 Å². The van der Waals surface area contributed by atoms with Gasteiger partial charge in [-0.25, -0.2) is 15.0 Å². The number of aryl methyl sites for hydroxylation is 2. The summed E-state index contributed by atoms with van der Waals surface area (Å²) >= 11 is 7.52. The molecule has 0 radical (unpaired) electrons. The standard InChI is InChI=1S/C36H55ClN8O8S/c1-28-4-3-5-30(37)34(28)43-35(46)31-27-39-36(54-31)42-32-26-33(41-29(2)40-32)45-9-7-44(8-10-45)11-13-48-15-17-50-19-21-52-23-25-53-24-22-51-20-18-49-16-14-47-12-6-38/h3-5,26-27H,6-25,38H2,1-2H3,(H,43,46)(H,39,40,41,42). The zero-order valence-electron chi connectivity index (χ0n) is 31.4. The highest BCUT2D eigenvalue weighted by atomic mass is 35.5. The van der Waals surface area contributed by atoms with Gasteiger partial charge in [0.2, 0.25) is 0 Å². The average molecular weight is 795 g/mol. The van der Waals surface area contributed by atoms with Gasteiger partial charge in [0.05, 0.1) is 109 Å². The number of carbonyl (C=O) groups is 1. The predicted octanol–water partition coefficient (Wildman–Crippen LogP) is 3.40. The number of hydrogen-bond donors (Lipinski definition) is 3. The van der Waals surface area contributed by atoms with Gasteiger partial charge in [-0.05, 0) is 25.5 Å². The molecule has 18 heteroatoms. The first-order valence-corrected chi connectivity index (χ1v) is 19.5. The summed E-state index contributed by atoms with van der Waals surface area (Å²) in [7, 11) is 0. The Hall–Kier alpha value is -3.07. The van der Waals surface area contributed by atoms with Gasteiger partial charge in [-0.15, -0.1) is 0 Å². The van der Waals surface area contributed by atoms with Crippen LogP contribution in [-0.4, -0.2) is 158 Å². The fourth-order valence-electron chi connectivity index (χ4n) is 5.19. The number of piperazine rings is 1. The van der Waals surface area contributed by atoms with Crippen LogP contribution in [0.5, 0.6) is 0 Å². The molecule has 4 N–H and O–H groups in total. The maximum atomic E-state index is 12.9. The molecule has 16 nitrogen and oxygen atoms in total. The van der Waals surface area contributed by atoms with Crippen LogP contribution in [0.4, 0.5) is 22.5 Å². The molecule has 0 spiro atoms. The lowest BCUT2D eigenvalue weighted by atomic mass is 10.2. The molecule has 0 bridgehead atoms. The molecule has 0 atom stereocenters. The number of benzene rings is 1. The molecule has 300 valence electrons. The van der Waals surface area contributed by atoms with E-state index in [1.807, 2.05) is 32.0 Å². The molecular formula is C36H55ClN8O8S. The number of nitrogens with one attached hydrogen (secondary N) is 2. The quantitative estimate of drug-likeness (QED) is 0.0912. The molecule has 3 heterocycles. The number of nitrogens with zero attached hydrogens (tertiary/aromatic N) is 5. The molecule has 1 aromatic carbocycles. The highest BCUT2D eigenvalue weighted by Crippen LogP contribution is 2.28. The Bertz CT molecular complexity index is 1480. The molecule has 4 rings (SSSR count). The molecule has 1 amide bonds. The fourth-order valence-corrected chi connectivity index (χ4v) is 6.18. The third-order valence-corrected chi connectivity index (χ3v) is 9.22. The Labute approximate surface area is 326 Å². The second-order valence-corrected chi connectivity index (χ2v) is 13.5. The Kier molecular flexibility index (Phi) is 20.9. The zero-order chi connectivity index (χ0) is 38.2. The minimum atomic E-state index is -0.272. The second kappa shape index (κ2) is 25.9. The number of halogens is 1. The third-order valence-electron chi connectivity index (χ3n) is 7.99. The fraction of sp³-hybridized carbons (Fsp3) is 0.611. The van der Waals surface area contributed by atoms with Crippen molar-refractivity contribution in [1.82, 2.24) is 19.9 Å². The number of para-hydroxylation sites is 1. The number of anilines is 4. The Morgan fingerprint density at radius 1 is 0.796 bits per heavy atom. The first-order valence-electron chi connectivity index (χ1n) is 18.3. The van der Waals surface area contributed by atoms with Gasteiger partial charge in [-0.1, -0.05) is 35.1 Å². The number of hydrogen-bond acceptors (Lipinski definition) is 16. The van der Waals surface area contributed by atoms with E-state index in [9.17, 15) is 4.79 Å². The molecule has 1 aliphatic rings. The van der Waals surface area contributed by atoms with Crippen LogP contribution < -0.4 is 21.3 Å². The Balaban J connectivity index is 0.987. The first kappa shape index (κ1) is 43.7. The summed E-state index contributed by atoms with van der Waals surface area (Å²) in [6.45, 7) is 16.1. The second-order valence-electron chi connectivity index (χ2n) is 12.1. The van der Waals surface area contributed by atoms with Crippen molar-refractivity contribution < 1.29 is 38.0 Å². The molecule has 0 unspecified atom stereocenters. The van der Waals surface area contributed by atoms with Crippen LogP contribution in [0.2, 0.25) is 5.02 Å². The van der Waals surface area contributed by atoms with Crippen molar-refractivity contribution in [2.75, 3.05) is 147 Å². The van der Waals surface area contributed by atoms with Crippen LogP contribution in [-0.2, 0) is 33.2 Å². The lowest BCUT2D eigenvalue weighted by Gasteiger charge is -2.35. The maximum absolute atomic E-state index is 12.9. The predicted molar refractivity (Wildman–Crippen MR) is 210 cm³/mol. The number of thiazole rings is 1. The van der Waals surface area contributed by atoms with E-state index in [-0.39, 0.29) is 5.91 Å². The molecule has 3 aromatic rings. The van der Waals surface area contributed by atoms with Gasteiger partial charge in [-0.2, -0.15) is 0 Å². The monoisotopic (exact) mass is 794 g/mol. The molecular weight excluding hydrogens is 740 g/mol. The number of nitrogens with two attached hydrogens (primary N) is 1. The van der Waals surface area contributed by atoms with E-state index in [1.54, 1.807) is 6.07 Å². The Morgan fingerprint density at radius 2 is 1.35 bits per heavy atom. The van der Waals surface area contributed by atoms with Gasteiger partial charge in [0, 0.05) is 45.3 Å². The van der Waals surface area contributed by atoms with Crippen molar-refractivity contribution in [2.24, 2.45) is 5.73 Å². The molecule has 2 aromatic heterocycles. The summed E-state index contributed by atoms with van der Waals surface area (Å²) in [5, 5.41) is 7.17. The van der Waals surface area contributed by atoms with Crippen molar-refractivity contribution in [1.29, 1.82) is 0 Å². The lowest BCUT2D eigenvalue weighted by molar-refractivity contribution is -0.0208. The average Bonchev–Trinajstić information content (AvgIpc) is 3.64. The van der Waals surface area contributed by atoms with E-state index < -0.39 is 0 Å². The van der Waals surface area contributed by atoms with E-state index in [0.717, 1.165) is 44.1 Å². The van der Waals surface area contributed by atoms with Crippen LogP contribution in [0.1, 0.15) is 21.1 Å². The largest absolute Gasteiger partial charge is 0.378 e. The maximum Gasteiger partial charge on any atom is 0.267 e. The topological polar surface area (TPSA) is 177 Å². The number of carbonyl (C=O) groups excluding carboxylic acids is 1. The molecule has 1 aliphatic heterocycles. The highest BCUT2D eigenvalue weighted by molar-refractivity contribution is 7.17. The van der Waals surface area contributed by atoms with Gasteiger partial charge >= 0.3 is 0 Å². The van der Waals surface area contributed by atoms with Gasteiger partial charge in [0.25, 0.3) is 5.91 Å². The summed E-state index contributed by atoms with van der Waals surface area (Å²) in [5.74, 6) is 1.85. The lowest BCUT2D eigenvalue weighted by Crippen LogP contribution is -2.47. The van der Waals surface area contributed by atoms with Crippen molar-refractivity contribution >= 4 is 51.3 Å². The van der Waals surface area contributed by atoms with E-state index in [1.165, 1.54) is 17.5 Å². The molecule has 54 heavy (non-hydrogen) atoms. The number of aromatic nitrogens is 3. The van der Waals surface area contributed by atoms with Crippen molar-refractivity contribution in [2.45, 2.75) is 13.8 Å². The zero-order valence-corrected chi connectivity index (χ0v) is 33.0. The van der Waals surface area contributed by atoms with E-state index in [0.29, 0.717) is 131 Å². The SMILES string of the molecule is Cc1nc(Nc2ncc(C(=O)Nc3c(C)cccc3Cl)s2)cc(N2CCN(CCOCCOCCOCCOCCOCCOCCOCCN)CC2)n1. The normalized spacial score (nSPS) is 13.4. The number of ether oxygens (including phenoxy) is 7. The van der Waals surface area contributed by atoms with Crippen molar-refractivity contribution in [3.8, 4) is 0 Å². The van der Waals surface area contributed by atoms with E-state index >= 15 is 0 Å².